The van der Waals surface area contributed by atoms with E-state index in [-0.39, 0.29) is 0 Å². The van der Waals surface area contributed by atoms with Gasteiger partial charge in [0.2, 0.25) is 0 Å². The third-order valence-electron chi connectivity index (χ3n) is 6.23. The van der Waals surface area contributed by atoms with Gasteiger partial charge in [0.05, 0.1) is 6.61 Å². The Balaban J connectivity index is 1.33. The lowest BCUT2D eigenvalue weighted by molar-refractivity contribution is 0.112. The molecule has 5 heteroatoms. The van der Waals surface area contributed by atoms with Crippen molar-refractivity contribution >= 4 is 12.0 Å². The van der Waals surface area contributed by atoms with Gasteiger partial charge in [-0.05, 0) is 54.2 Å². The summed E-state index contributed by atoms with van der Waals surface area (Å²) in [5.41, 5.74) is 5.44. The van der Waals surface area contributed by atoms with E-state index in [1.54, 1.807) is 0 Å². The molecule has 1 N–H and O–H groups in total. The lowest BCUT2D eigenvalue weighted by atomic mass is 9.99. The summed E-state index contributed by atoms with van der Waals surface area (Å²) in [6, 6.07) is 12.3. The molecule has 2 heterocycles. The fourth-order valence-electron chi connectivity index (χ4n) is 4.62. The summed E-state index contributed by atoms with van der Waals surface area (Å²) >= 11 is 0. The zero-order valence-electron chi connectivity index (χ0n) is 18.9. The smallest absolute Gasteiger partial charge is 0.150 e. The number of nitrogens with zero attached hydrogens (tertiary/aromatic N) is 2. The first-order valence-electron chi connectivity index (χ1n) is 11.7. The van der Waals surface area contributed by atoms with Crippen LogP contribution in [0.2, 0.25) is 0 Å². The summed E-state index contributed by atoms with van der Waals surface area (Å²) in [6.45, 7) is 13.1. The van der Waals surface area contributed by atoms with Gasteiger partial charge in [-0.2, -0.15) is 0 Å². The Labute approximate surface area is 186 Å². The Kier molecular flexibility index (Phi) is 7.25. The van der Waals surface area contributed by atoms with E-state index in [9.17, 15) is 4.79 Å². The van der Waals surface area contributed by atoms with Crippen LogP contribution in [-0.2, 0) is 6.42 Å². The number of ether oxygens (including phenoxy) is 1. The van der Waals surface area contributed by atoms with Crippen molar-refractivity contribution in [3.8, 4) is 16.9 Å². The van der Waals surface area contributed by atoms with Crippen LogP contribution in [0.1, 0.15) is 36.2 Å². The van der Waals surface area contributed by atoms with Crippen LogP contribution < -0.4 is 10.1 Å². The van der Waals surface area contributed by atoms with E-state index in [1.807, 2.05) is 18.2 Å². The highest BCUT2D eigenvalue weighted by Crippen LogP contribution is 2.34. The van der Waals surface area contributed by atoms with E-state index in [0.717, 1.165) is 81.2 Å². The van der Waals surface area contributed by atoms with Gasteiger partial charge in [-0.3, -0.25) is 4.79 Å². The van der Waals surface area contributed by atoms with Crippen LogP contribution >= 0.6 is 0 Å². The van der Waals surface area contributed by atoms with E-state index < -0.39 is 0 Å². The Morgan fingerprint density at radius 1 is 1.06 bits per heavy atom. The maximum absolute atomic E-state index is 11.3. The molecule has 2 aliphatic heterocycles. The molecule has 1 saturated heterocycles. The van der Waals surface area contributed by atoms with Gasteiger partial charge >= 0.3 is 0 Å². The SMILES string of the molecule is CC(C)CN1CCN(CCCOc2cc(C=O)ccc2-c2ccc3c(c2)CCN3)CC1. The topological polar surface area (TPSA) is 44.8 Å². The van der Waals surface area contributed by atoms with Crippen LogP contribution in [0.25, 0.3) is 11.1 Å². The summed E-state index contributed by atoms with van der Waals surface area (Å²) in [5, 5.41) is 3.41. The van der Waals surface area contributed by atoms with Gasteiger partial charge in [-0.25, -0.2) is 0 Å². The third-order valence-corrected chi connectivity index (χ3v) is 6.23. The first-order valence-corrected chi connectivity index (χ1v) is 11.7. The molecule has 4 rings (SSSR count). The Morgan fingerprint density at radius 3 is 2.65 bits per heavy atom. The van der Waals surface area contributed by atoms with Gasteiger partial charge in [0.25, 0.3) is 0 Å². The molecule has 0 unspecified atom stereocenters. The van der Waals surface area contributed by atoms with Crippen LogP contribution in [0.4, 0.5) is 5.69 Å². The molecule has 1 fully saturated rings. The van der Waals surface area contributed by atoms with E-state index in [0.29, 0.717) is 12.2 Å². The Bertz CT molecular complexity index is 888. The predicted octanol–water partition coefficient (Wildman–Crippen LogP) is 4.18. The highest BCUT2D eigenvalue weighted by Gasteiger charge is 2.17. The molecule has 0 bridgehead atoms. The van der Waals surface area contributed by atoms with Gasteiger partial charge in [0.15, 0.2) is 0 Å². The molecule has 0 atom stereocenters. The van der Waals surface area contributed by atoms with Gasteiger partial charge in [-0.15, -0.1) is 0 Å². The van der Waals surface area contributed by atoms with Crippen molar-refractivity contribution in [2.45, 2.75) is 26.7 Å². The van der Waals surface area contributed by atoms with E-state index in [1.165, 1.54) is 17.8 Å². The molecule has 5 nitrogen and oxygen atoms in total. The quantitative estimate of drug-likeness (QED) is 0.486. The zero-order valence-corrected chi connectivity index (χ0v) is 18.9. The van der Waals surface area contributed by atoms with Crippen molar-refractivity contribution in [1.82, 2.24) is 9.80 Å². The molecular weight excluding hydrogens is 386 g/mol. The molecule has 0 radical (unpaired) electrons. The minimum Gasteiger partial charge on any atom is -0.493 e. The minimum absolute atomic E-state index is 0.655. The number of anilines is 1. The number of carbonyl (C=O) groups excluding carboxylic acids is 1. The highest BCUT2D eigenvalue weighted by molar-refractivity contribution is 5.81. The predicted molar refractivity (Wildman–Crippen MR) is 127 cm³/mol. The fraction of sp³-hybridized carbons (Fsp3) is 0.500. The average Bonchev–Trinajstić information content (AvgIpc) is 3.25. The molecule has 2 aromatic carbocycles. The van der Waals surface area contributed by atoms with Crippen molar-refractivity contribution in [2.24, 2.45) is 5.92 Å². The maximum Gasteiger partial charge on any atom is 0.150 e. The monoisotopic (exact) mass is 421 g/mol. The first kappa shape index (κ1) is 21.8. The van der Waals surface area contributed by atoms with Gasteiger partial charge < -0.3 is 19.9 Å². The fourth-order valence-corrected chi connectivity index (χ4v) is 4.62. The Morgan fingerprint density at radius 2 is 1.87 bits per heavy atom. The van der Waals surface area contributed by atoms with E-state index >= 15 is 0 Å². The van der Waals surface area contributed by atoms with Crippen LogP contribution in [0.3, 0.4) is 0 Å². The van der Waals surface area contributed by atoms with Crippen molar-refractivity contribution < 1.29 is 9.53 Å². The van der Waals surface area contributed by atoms with E-state index in [4.69, 9.17) is 4.74 Å². The summed E-state index contributed by atoms with van der Waals surface area (Å²) in [5.74, 6) is 1.54. The van der Waals surface area contributed by atoms with Crippen molar-refractivity contribution in [2.75, 3.05) is 57.7 Å². The number of nitrogens with one attached hydrogen (secondary N) is 1. The molecule has 2 aliphatic rings. The average molecular weight is 422 g/mol. The first-order chi connectivity index (χ1) is 15.1. The molecule has 0 spiro atoms. The van der Waals surface area contributed by atoms with Gasteiger partial charge in [-0.1, -0.05) is 26.0 Å². The Hall–Kier alpha value is -2.37. The van der Waals surface area contributed by atoms with Crippen LogP contribution in [-0.4, -0.2) is 68.5 Å². The second kappa shape index (κ2) is 10.3. The minimum atomic E-state index is 0.655. The number of hydrogen-bond donors (Lipinski definition) is 1. The van der Waals surface area contributed by atoms with Crippen LogP contribution in [0.5, 0.6) is 5.75 Å². The van der Waals surface area contributed by atoms with Crippen molar-refractivity contribution in [1.29, 1.82) is 0 Å². The molecule has 2 aromatic rings. The lowest BCUT2D eigenvalue weighted by Crippen LogP contribution is -2.47. The second-order valence-corrected chi connectivity index (χ2v) is 9.16. The summed E-state index contributed by atoms with van der Waals surface area (Å²) in [7, 11) is 0. The number of aldehydes is 1. The lowest BCUT2D eigenvalue weighted by Gasteiger charge is -2.35. The zero-order chi connectivity index (χ0) is 21.6. The van der Waals surface area contributed by atoms with Gasteiger partial charge in [0, 0.05) is 62.6 Å². The number of carbonyl (C=O) groups is 1. The standard InChI is InChI=1S/C26H35N3O2/c1-20(2)18-29-13-11-28(12-14-29)10-3-15-31-26-16-21(19-30)4-6-24(26)22-5-7-25-23(17-22)8-9-27-25/h4-7,16-17,19-20,27H,3,8-15,18H2,1-2H3. The van der Waals surface area contributed by atoms with Crippen LogP contribution in [0, 0.1) is 5.92 Å². The number of rotatable bonds is 9. The van der Waals surface area contributed by atoms with Crippen LogP contribution in [0.15, 0.2) is 36.4 Å². The molecular formula is C26H35N3O2. The summed E-state index contributed by atoms with van der Waals surface area (Å²) in [4.78, 5) is 16.4. The number of fused-ring (bicyclic) bond motifs is 1. The molecule has 0 saturated carbocycles. The maximum atomic E-state index is 11.3. The normalized spacial score (nSPS) is 16.9. The van der Waals surface area contributed by atoms with E-state index in [2.05, 4.69) is 47.2 Å². The molecule has 0 amide bonds. The summed E-state index contributed by atoms with van der Waals surface area (Å²) in [6.07, 6.45) is 2.93. The van der Waals surface area contributed by atoms with Crippen molar-refractivity contribution in [3.63, 3.8) is 0 Å². The molecule has 0 aliphatic carbocycles. The number of benzene rings is 2. The number of piperazine rings is 1. The molecule has 0 aromatic heterocycles. The number of hydrogen-bond acceptors (Lipinski definition) is 5. The second-order valence-electron chi connectivity index (χ2n) is 9.16. The summed E-state index contributed by atoms with van der Waals surface area (Å²) < 4.78 is 6.21. The van der Waals surface area contributed by atoms with Crippen molar-refractivity contribution in [3.05, 3.63) is 47.5 Å². The largest absolute Gasteiger partial charge is 0.493 e. The molecule has 31 heavy (non-hydrogen) atoms. The van der Waals surface area contributed by atoms with Gasteiger partial charge in [0.1, 0.15) is 12.0 Å². The molecule has 166 valence electrons. The third kappa shape index (κ3) is 5.66. The highest BCUT2D eigenvalue weighted by atomic mass is 16.5.